The number of hydrogen-bond donors (Lipinski definition) is 2. The molecule has 0 aliphatic heterocycles. The molecule has 0 aliphatic carbocycles. The molecule has 0 aliphatic rings. The van der Waals surface area contributed by atoms with Crippen LogP contribution in [0.1, 0.15) is 32.4 Å². The molecule has 0 spiro atoms. The first kappa shape index (κ1) is 14.5. The maximum atomic E-state index is 9.03. The van der Waals surface area contributed by atoms with Gasteiger partial charge < -0.3 is 10.4 Å². The summed E-state index contributed by atoms with van der Waals surface area (Å²) in [4.78, 5) is 4.43. The maximum Gasteiger partial charge on any atom is 0.101 e. The summed E-state index contributed by atoms with van der Waals surface area (Å²) in [5, 5.41) is 13.5. The van der Waals surface area contributed by atoms with E-state index in [-0.39, 0.29) is 6.61 Å². The van der Waals surface area contributed by atoms with Gasteiger partial charge in [0.05, 0.1) is 0 Å². The Hall–Kier alpha value is -0.580. The second-order valence-electron chi connectivity index (χ2n) is 4.28. The van der Waals surface area contributed by atoms with E-state index < -0.39 is 0 Å². The van der Waals surface area contributed by atoms with Crippen LogP contribution in [0.2, 0.25) is 0 Å². The number of thioether (sulfide) groups is 1. The van der Waals surface area contributed by atoms with Crippen LogP contribution in [0, 0.1) is 5.92 Å². The van der Waals surface area contributed by atoms with Crippen LogP contribution in [-0.4, -0.2) is 29.0 Å². The molecule has 0 saturated heterocycles. The highest BCUT2D eigenvalue weighted by Crippen LogP contribution is 2.26. The summed E-state index contributed by atoms with van der Waals surface area (Å²) < 4.78 is 0. The first-order valence-electron chi connectivity index (χ1n) is 6.11. The predicted octanol–water partition coefficient (Wildman–Crippen LogP) is 2.47. The molecule has 3 nitrogen and oxygen atoms in total. The van der Waals surface area contributed by atoms with E-state index in [0.717, 1.165) is 17.3 Å². The fourth-order valence-corrected chi connectivity index (χ4v) is 2.64. The summed E-state index contributed by atoms with van der Waals surface area (Å²) in [6.07, 6.45) is 1.83. The summed E-state index contributed by atoms with van der Waals surface area (Å²) in [5.41, 5.74) is 1.24. The number of nitrogens with one attached hydrogen (secondary N) is 1. The lowest BCUT2D eigenvalue weighted by atomic mass is 10.1. The largest absolute Gasteiger partial charge is 0.396 e. The topological polar surface area (TPSA) is 45.2 Å². The Bertz CT molecular complexity index is 333. The van der Waals surface area contributed by atoms with Crippen molar-refractivity contribution in [1.82, 2.24) is 10.3 Å². The molecule has 1 aromatic rings. The molecule has 0 saturated carbocycles. The lowest BCUT2D eigenvalue weighted by molar-refractivity contribution is 0.250. The number of nitrogens with zero attached hydrogens (tertiary/aromatic N) is 1. The van der Waals surface area contributed by atoms with Gasteiger partial charge >= 0.3 is 0 Å². The van der Waals surface area contributed by atoms with E-state index in [9.17, 15) is 0 Å². The van der Waals surface area contributed by atoms with Crippen LogP contribution in [0.15, 0.2) is 23.4 Å². The summed E-state index contributed by atoms with van der Waals surface area (Å²) in [5.74, 6) is 1.21. The van der Waals surface area contributed by atoms with E-state index in [1.807, 2.05) is 19.2 Å². The van der Waals surface area contributed by atoms with E-state index in [1.54, 1.807) is 11.8 Å². The summed E-state index contributed by atoms with van der Waals surface area (Å²) >= 11 is 1.72. The van der Waals surface area contributed by atoms with E-state index >= 15 is 0 Å². The van der Waals surface area contributed by atoms with Gasteiger partial charge in [-0.25, -0.2) is 4.98 Å². The Morgan fingerprint density at radius 2 is 2.24 bits per heavy atom. The van der Waals surface area contributed by atoms with Crippen LogP contribution in [0.25, 0.3) is 0 Å². The van der Waals surface area contributed by atoms with Crippen LogP contribution in [0.5, 0.6) is 0 Å². The third-order valence-electron chi connectivity index (χ3n) is 2.59. The van der Waals surface area contributed by atoms with Crippen molar-refractivity contribution in [2.75, 3.05) is 18.9 Å². The Morgan fingerprint density at radius 1 is 1.47 bits per heavy atom. The minimum atomic E-state index is 0.234. The van der Waals surface area contributed by atoms with E-state index in [4.69, 9.17) is 5.11 Å². The highest BCUT2D eigenvalue weighted by Gasteiger charge is 2.11. The van der Waals surface area contributed by atoms with Crippen molar-refractivity contribution in [3.63, 3.8) is 0 Å². The van der Waals surface area contributed by atoms with Gasteiger partial charge in [-0.3, -0.25) is 0 Å². The van der Waals surface area contributed by atoms with Gasteiger partial charge in [-0.2, -0.15) is 0 Å². The fraction of sp³-hybridized carbons (Fsp3) is 0.615. The lowest BCUT2D eigenvalue weighted by Crippen LogP contribution is -2.18. The van der Waals surface area contributed by atoms with E-state index in [1.165, 1.54) is 5.56 Å². The molecule has 2 unspecified atom stereocenters. The Labute approximate surface area is 108 Å². The van der Waals surface area contributed by atoms with Crippen molar-refractivity contribution >= 4 is 11.8 Å². The van der Waals surface area contributed by atoms with Crippen LogP contribution < -0.4 is 5.32 Å². The predicted molar refractivity (Wildman–Crippen MR) is 73.3 cm³/mol. The number of rotatable bonds is 7. The number of aromatic nitrogens is 1. The zero-order valence-corrected chi connectivity index (χ0v) is 11.6. The van der Waals surface area contributed by atoms with Crippen molar-refractivity contribution in [1.29, 1.82) is 0 Å². The van der Waals surface area contributed by atoms with Gasteiger partial charge in [0.15, 0.2) is 0 Å². The maximum absolute atomic E-state index is 9.03. The number of pyridine rings is 1. The second kappa shape index (κ2) is 7.69. The van der Waals surface area contributed by atoms with E-state index in [2.05, 4.69) is 30.2 Å². The number of hydrogen-bond acceptors (Lipinski definition) is 4. The molecule has 0 bridgehead atoms. The molecule has 0 fully saturated rings. The molecule has 0 amide bonds. The average Bonchev–Trinajstić information content (AvgIpc) is 2.36. The highest BCUT2D eigenvalue weighted by molar-refractivity contribution is 7.99. The van der Waals surface area contributed by atoms with Gasteiger partial charge in [0, 0.05) is 30.2 Å². The van der Waals surface area contributed by atoms with Gasteiger partial charge in [-0.1, -0.05) is 19.9 Å². The number of aliphatic hydroxyl groups is 1. The van der Waals surface area contributed by atoms with Gasteiger partial charge in [-0.15, -0.1) is 11.8 Å². The van der Waals surface area contributed by atoms with Crippen LogP contribution >= 0.6 is 11.8 Å². The molecule has 0 aromatic carbocycles. The van der Waals surface area contributed by atoms with Crippen molar-refractivity contribution in [2.24, 2.45) is 5.92 Å². The van der Waals surface area contributed by atoms with Gasteiger partial charge in [0.1, 0.15) is 5.03 Å². The minimum Gasteiger partial charge on any atom is -0.396 e. The first-order valence-corrected chi connectivity index (χ1v) is 7.09. The molecular formula is C13H22N2OS. The molecule has 96 valence electrons. The summed E-state index contributed by atoms with van der Waals surface area (Å²) in [6, 6.07) is 4.41. The fourth-order valence-electron chi connectivity index (χ4n) is 1.54. The van der Waals surface area contributed by atoms with Crippen molar-refractivity contribution in [2.45, 2.75) is 31.8 Å². The lowest BCUT2D eigenvalue weighted by Gasteiger charge is -2.16. The van der Waals surface area contributed by atoms with Crippen molar-refractivity contribution < 1.29 is 5.11 Å². The van der Waals surface area contributed by atoms with Crippen LogP contribution in [0.4, 0.5) is 0 Å². The van der Waals surface area contributed by atoms with Gasteiger partial charge in [0.25, 0.3) is 0 Å². The van der Waals surface area contributed by atoms with E-state index in [0.29, 0.717) is 12.0 Å². The van der Waals surface area contributed by atoms with Crippen LogP contribution in [0.3, 0.4) is 0 Å². The summed E-state index contributed by atoms with van der Waals surface area (Å²) in [6.45, 7) is 7.49. The normalized spacial score (nSPS) is 14.6. The molecule has 4 heteroatoms. The molecule has 1 heterocycles. The molecule has 1 aromatic heterocycles. The smallest absolute Gasteiger partial charge is 0.101 e. The zero-order chi connectivity index (χ0) is 12.7. The summed E-state index contributed by atoms with van der Waals surface area (Å²) in [7, 11) is 0. The number of aliphatic hydroxyl groups excluding tert-OH is 1. The molecule has 2 N–H and O–H groups in total. The zero-order valence-electron chi connectivity index (χ0n) is 10.8. The molecule has 1 rings (SSSR count). The molecule has 17 heavy (non-hydrogen) atoms. The van der Waals surface area contributed by atoms with Gasteiger partial charge in [0.2, 0.25) is 0 Å². The van der Waals surface area contributed by atoms with Gasteiger partial charge in [-0.05, 0) is 25.5 Å². The quantitative estimate of drug-likeness (QED) is 0.734. The van der Waals surface area contributed by atoms with Crippen molar-refractivity contribution in [3.05, 3.63) is 23.9 Å². The molecule has 2 atom stereocenters. The van der Waals surface area contributed by atoms with Crippen LogP contribution in [-0.2, 0) is 0 Å². The van der Waals surface area contributed by atoms with Crippen molar-refractivity contribution in [3.8, 4) is 0 Å². The molecular weight excluding hydrogens is 232 g/mol. The second-order valence-corrected chi connectivity index (χ2v) is 5.28. The highest BCUT2D eigenvalue weighted by atomic mass is 32.2. The standard InChI is InChI=1S/C13H22N2OS/c1-4-14-11(3)12-6-5-7-15-13(12)17-9-10(2)8-16/h5-7,10-11,14,16H,4,8-9H2,1-3H3. The Morgan fingerprint density at radius 3 is 2.88 bits per heavy atom. The minimum absolute atomic E-state index is 0.234. The third-order valence-corrected chi connectivity index (χ3v) is 3.94. The SMILES string of the molecule is CCNC(C)c1cccnc1SCC(C)CO. The third kappa shape index (κ3) is 4.66. The Balaban J connectivity index is 2.70. The Kier molecular flexibility index (Phi) is 6.55. The molecule has 0 radical (unpaired) electrons. The first-order chi connectivity index (χ1) is 8.19. The monoisotopic (exact) mass is 254 g/mol. The average molecular weight is 254 g/mol.